The zero-order valence-corrected chi connectivity index (χ0v) is 23.0. The Hall–Kier alpha value is -4.71. The minimum Gasteiger partial charge on any atom is -0.489 e. The highest BCUT2D eigenvalue weighted by molar-refractivity contribution is 5.90. The van der Waals surface area contributed by atoms with E-state index in [4.69, 9.17) is 24.2 Å². The van der Waals surface area contributed by atoms with Gasteiger partial charge in [0.1, 0.15) is 29.8 Å². The maximum atomic E-state index is 12.2. The van der Waals surface area contributed by atoms with Crippen LogP contribution in [0.1, 0.15) is 63.6 Å². The number of nitriles is 1. The van der Waals surface area contributed by atoms with Crippen molar-refractivity contribution in [1.29, 1.82) is 5.26 Å². The largest absolute Gasteiger partial charge is 0.489 e. The molecule has 1 atom stereocenters. The van der Waals surface area contributed by atoms with Crippen molar-refractivity contribution in [2.75, 3.05) is 6.54 Å². The fourth-order valence-electron chi connectivity index (χ4n) is 4.67. The number of fused-ring (bicyclic) bond motifs is 1. The lowest BCUT2D eigenvalue weighted by molar-refractivity contribution is 0.0601. The molecule has 0 bridgehead atoms. The minimum absolute atomic E-state index is 0.149. The molecule has 1 saturated heterocycles. The van der Waals surface area contributed by atoms with Gasteiger partial charge < -0.3 is 18.9 Å². The van der Waals surface area contributed by atoms with Crippen LogP contribution in [-0.2, 0) is 11.3 Å². The van der Waals surface area contributed by atoms with Crippen LogP contribution in [0.15, 0.2) is 70.2 Å². The fraction of sp³-hybridized carbons (Fsp3) is 0.323. The van der Waals surface area contributed by atoms with Crippen molar-refractivity contribution >= 4 is 22.7 Å². The molecule has 5 rings (SSSR count). The van der Waals surface area contributed by atoms with Crippen LogP contribution >= 0.6 is 0 Å². The molecule has 0 saturated carbocycles. The van der Waals surface area contributed by atoms with Crippen molar-refractivity contribution in [1.82, 2.24) is 15.0 Å². The number of amidine groups is 1. The first-order valence-electron chi connectivity index (χ1n) is 13.2. The Labute approximate surface area is 233 Å². The molecule has 1 amide bonds. The van der Waals surface area contributed by atoms with Gasteiger partial charge in [-0.15, -0.1) is 0 Å². The summed E-state index contributed by atoms with van der Waals surface area (Å²) in [6.07, 6.45) is 1.14. The van der Waals surface area contributed by atoms with Gasteiger partial charge in [0.25, 0.3) is 0 Å². The first-order valence-corrected chi connectivity index (χ1v) is 13.2. The number of benzene rings is 3. The van der Waals surface area contributed by atoms with Gasteiger partial charge in [0.15, 0.2) is 0 Å². The zero-order valence-electron chi connectivity index (χ0n) is 23.0. The van der Waals surface area contributed by atoms with Gasteiger partial charge in [-0.2, -0.15) is 15.2 Å². The summed E-state index contributed by atoms with van der Waals surface area (Å²) in [7, 11) is 0. The molecule has 9 nitrogen and oxygen atoms in total. The van der Waals surface area contributed by atoms with E-state index < -0.39 is 11.7 Å². The van der Waals surface area contributed by atoms with Gasteiger partial charge in [0.2, 0.25) is 11.7 Å². The lowest BCUT2D eigenvalue weighted by Crippen LogP contribution is -2.30. The minimum atomic E-state index is -0.610. The van der Waals surface area contributed by atoms with E-state index in [0.717, 1.165) is 47.0 Å². The van der Waals surface area contributed by atoms with Crippen LogP contribution < -0.4 is 4.74 Å². The number of aliphatic imine (C=N–C) groups is 1. The summed E-state index contributed by atoms with van der Waals surface area (Å²) in [5, 5.41) is 15.2. The zero-order chi connectivity index (χ0) is 28.3. The van der Waals surface area contributed by atoms with E-state index in [2.05, 4.69) is 16.2 Å². The van der Waals surface area contributed by atoms with Crippen LogP contribution in [0.4, 0.5) is 4.79 Å². The number of ether oxygens (including phenoxy) is 2. The molecule has 0 spiro atoms. The average molecular weight is 538 g/mol. The molecular formula is C31H31N5O4. The maximum absolute atomic E-state index is 12.2. The summed E-state index contributed by atoms with van der Waals surface area (Å²) >= 11 is 0. The van der Waals surface area contributed by atoms with Crippen molar-refractivity contribution < 1.29 is 18.8 Å². The molecule has 9 heteroatoms. The smallest absolute Gasteiger partial charge is 0.435 e. The van der Waals surface area contributed by atoms with Gasteiger partial charge in [-0.3, -0.25) is 0 Å². The lowest BCUT2D eigenvalue weighted by atomic mass is 10.1. The number of aromatic nitrogens is 2. The van der Waals surface area contributed by atoms with Gasteiger partial charge in [-0.1, -0.05) is 35.5 Å². The Morgan fingerprint density at radius 1 is 1.12 bits per heavy atom. The number of carbonyl (C=O) groups is 1. The first kappa shape index (κ1) is 26.9. The van der Waals surface area contributed by atoms with Crippen molar-refractivity contribution in [3.63, 3.8) is 0 Å². The van der Waals surface area contributed by atoms with Gasteiger partial charge in [0, 0.05) is 12.1 Å². The van der Waals surface area contributed by atoms with Crippen LogP contribution in [0.5, 0.6) is 5.75 Å². The Bertz CT molecular complexity index is 1590. The van der Waals surface area contributed by atoms with Gasteiger partial charge in [-0.05, 0) is 87.2 Å². The number of amides is 1. The molecular weight excluding hydrogens is 506 g/mol. The highest BCUT2D eigenvalue weighted by atomic mass is 16.6. The van der Waals surface area contributed by atoms with Crippen LogP contribution in [0, 0.1) is 11.3 Å². The molecule has 0 radical (unpaired) electrons. The van der Waals surface area contributed by atoms with Crippen LogP contribution in [0.3, 0.4) is 0 Å². The second kappa shape index (κ2) is 11.2. The summed E-state index contributed by atoms with van der Waals surface area (Å²) in [6.45, 7) is 8.39. The Morgan fingerprint density at radius 2 is 1.88 bits per heavy atom. The predicted molar refractivity (Wildman–Crippen MR) is 151 cm³/mol. The number of carbonyl (C=O) groups excluding carboxylic acids is 1. The molecule has 0 unspecified atom stereocenters. The van der Waals surface area contributed by atoms with E-state index >= 15 is 0 Å². The third-order valence-corrected chi connectivity index (χ3v) is 6.60. The van der Waals surface area contributed by atoms with E-state index in [9.17, 15) is 4.79 Å². The maximum Gasteiger partial charge on any atom is 0.435 e. The van der Waals surface area contributed by atoms with Crippen molar-refractivity contribution in [2.24, 2.45) is 4.99 Å². The number of likely N-dealkylation sites (tertiary alicyclic amines) is 1. The van der Waals surface area contributed by atoms with E-state index in [1.807, 2.05) is 74.2 Å². The summed E-state index contributed by atoms with van der Waals surface area (Å²) in [6, 6.07) is 21.2. The molecule has 1 aliphatic heterocycles. The predicted octanol–water partition coefficient (Wildman–Crippen LogP) is 6.83. The normalized spacial score (nSPS) is 15.7. The SMILES string of the molecule is CC(=NC(=O)OC(C)(C)C)N1CCC[C@H]1c1nc(-c2ccc3cc(OCc4ccc(C#N)cc4)ccc3c2)no1. The molecule has 2 heterocycles. The monoisotopic (exact) mass is 537 g/mol. The van der Waals surface area contributed by atoms with Crippen LogP contribution in [-0.4, -0.2) is 39.1 Å². The lowest BCUT2D eigenvalue weighted by Gasteiger charge is -2.24. The Kier molecular flexibility index (Phi) is 7.52. The van der Waals surface area contributed by atoms with E-state index in [1.165, 1.54) is 0 Å². The third-order valence-electron chi connectivity index (χ3n) is 6.60. The van der Waals surface area contributed by atoms with Crippen molar-refractivity contribution in [3.05, 3.63) is 77.7 Å². The molecule has 40 heavy (non-hydrogen) atoms. The quantitative estimate of drug-likeness (QED) is 0.201. The Balaban J connectivity index is 1.28. The van der Waals surface area contributed by atoms with Gasteiger partial charge in [0.05, 0.1) is 11.6 Å². The second-order valence-corrected chi connectivity index (χ2v) is 10.8. The number of rotatable bonds is 5. The topological polar surface area (TPSA) is 114 Å². The van der Waals surface area contributed by atoms with Crippen molar-refractivity contribution in [3.8, 4) is 23.2 Å². The number of hydrogen-bond acceptors (Lipinski definition) is 7. The molecule has 0 aliphatic carbocycles. The van der Waals surface area contributed by atoms with Crippen LogP contribution in [0.25, 0.3) is 22.2 Å². The van der Waals surface area contributed by atoms with Crippen LogP contribution in [0.2, 0.25) is 0 Å². The molecule has 1 aromatic heterocycles. The molecule has 204 valence electrons. The number of nitrogens with zero attached hydrogens (tertiary/aromatic N) is 5. The van der Waals surface area contributed by atoms with Gasteiger partial charge in [-0.25, -0.2) is 4.79 Å². The first-order chi connectivity index (χ1) is 19.2. The molecule has 3 aromatic carbocycles. The summed E-state index contributed by atoms with van der Waals surface area (Å²) in [5.74, 6) is 2.33. The summed E-state index contributed by atoms with van der Waals surface area (Å²) in [5.41, 5.74) is 1.86. The van der Waals surface area contributed by atoms with E-state index in [1.54, 1.807) is 19.1 Å². The number of hydrogen-bond donors (Lipinski definition) is 0. The average Bonchev–Trinajstić information content (AvgIpc) is 3.61. The molecule has 1 fully saturated rings. The second-order valence-electron chi connectivity index (χ2n) is 10.8. The highest BCUT2D eigenvalue weighted by Crippen LogP contribution is 2.33. The molecule has 1 aliphatic rings. The molecule has 0 N–H and O–H groups in total. The van der Waals surface area contributed by atoms with E-state index in [0.29, 0.717) is 29.7 Å². The van der Waals surface area contributed by atoms with Crippen molar-refractivity contribution in [2.45, 2.75) is 58.8 Å². The molecule has 4 aromatic rings. The van der Waals surface area contributed by atoms with E-state index in [-0.39, 0.29) is 6.04 Å². The third kappa shape index (κ3) is 6.29. The summed E-state index contributed by atoms with van der Waals surface area (Å²) < 4.78 is 17.0. The Morgan fingerprint density at radius 3 is 2.62 bits per heavy atom. The standard InChI is InChI=1S/C31H31N5O4/c1-20(33-30(37)39-31(2,3)4)36-15-5-6-27(36)29-34-28(35-40-29)25-12-11-24-17-26(14-13-23(24)16-25)38-19-22-9-7-21(18-32)8-10-22/h7-14,16-17,27H,5-6,15,19H2,1-4H3/t27-/m0/s1. The summed E-state index contributed by atoms with van der Waals surface area (Å²) in [4.78, 5) is 23.1. The highest BCUT2D eigenvalue weighted by Gasteiger charge is 2.32. The fourth-order valence-corrected chi connectivity index (χ4v) is 4.67. The van der Waals surface area contributed by atoms with Gasteiger partial charge >= 0.3 is 6.09 Å².